The van der Waals surface area contributed by atoms with E-state index in [0.717, 1.165) is 5.56 Å². The van der Waals surface area contributed by atoms with E-state index in [4.69, 9.17) is 9.47 Å². The number of ether oxygens (including phenoxy) is 2. The molecule has 1 aromatic rings. The van der Waals surface area contributed by atoms with Crippen LogP contribution in [-0.2, 0) is 25.7 Å². The molecular formula is C25H39N4O6-. The van der Waals surface area contributed by atoms with E-state index in [9.17, 15) is 19.5 Å². The van der Waals surface area contributed by atoms with Crippen LogP contribution in [0.4, 0.5) is 4.79 Å². The van der Waals surface area contributed by atoms with Gasteiger partial charge in [0.25, 0.3) is 0 Å². The van der Waals surface area contributed by atoms with E-state index in [-0.39, 0.29) is 32.3 Å². The van der Waals surface area contributed by atoms with Crippen LogP contribution in [0.3, 0.4) is 0 Å². The minimum atomic E-state index is -0.826. The Hall–Kier alpha value is -3.30. The molecule has 1 aromatic carbocycles. The van der Waals surface area contributed by atoms with Gasteiger partial charge >= 0.3 is 6.09 Å². The highest BCUT2D eigenvalue weighted by molar-refractivity contribution is 5.85. The normalized spacial score (nSPS) is 15.5. The molecule has 2 rings (SSSR count). The van der Waals surface area contributed by atoms with Crippen molar-refractivity contribution in [2.24, 2.45) is 10.9 Å². The first-order valence-electron chi connectivity index (χ1n) is 11.9. The summed E-state index contributed by atoms with van der Waals surface area (Å²) >= 11 is 0. The van der Waals surface area contributed by atoms with Gasteiger partial charge in [-0.25, -0.2) is 4.79 Å². The third kappa shape index (κ3) is 10.2. The van der Waals surface area contributed by atoms with Crippen LogP contribution >= 0.6 is 0 Å². The number of carbonyl (C=O) groups is 3. The van der Waals surface area contributed by atoms with Gasteiger partial charge in [0.1, 0.15) is 25.3 Å². The number of aliphatic imine (C=N–C) groups is 1. The smallest absolute Gasteiger partial charge is 0.407 e. The van der Waals surface area contributed by atoms with Gasteiger partial charge in [-0.15, -0.1) is 0 Å². The van der Waals surface area contributed by atoms with Gasteiger partial charge in [0.2, 0.25) is 11.8 Å². The van der Waals surface area contributed by atoms with Crippen LogP contribution in [0.2, 0.25) is 0 Å². The summed E-state index contributed by atoms with van der Waals surface area (Å²) in [5.41, 5.74) is 0.156. The molecule has 0 radical (unpaired) electrons. The highest BCUT2D eigenvalue weighted by atomic mass is 16.6. The lowest BCUT2D eigenvalue weighted by Gasteiger charge is -2.36. The van der Waals surface area contributed by atoms with Crippen LogP contribution in [0.1, 0.15) is 48.0 Å². The fourth-order valence-corrected chi connectivity index (χ4v) is 3.49. The molecule has 3 amide bonds. The Kier molecular flexibility index (Phi) is 10.4. The second-order valence-corrected chi connectivity index (χ2v) is 9.88. The van der Waals surface area contributed by atoms with Crippen molar-refractivity contribution in [3.05, 3.63) is 35.9 Å². The standard InChI is InChI=1S/C25H38N4O6.H2/c1-18(2)15-20(27-24(33)35-25(3,4)5)22(31)29-13-11-28(12-14-29)21(30)16-26-23(32)34-17-19-9-7-6-8-10-19;/h6-10,18,20H,11-17H2,1-5H3,(H,26,32)(H,27,33);1H/p-1/t20-;/m0./s1. The number of nitrogens with one attached hydrogen (secondary N) is 1. The minimum absolute atomic E-state index is 0. The largest absolute Gasteiger partial charge is 0.595 e. The van der Waals surface area contributed by atoms with Crippen LogP contribution in [0, 0.1) is 5.92 Å². The zero-order chi connectivity index (χ0) is 26.0. The zero-order valence-electron chi connectivity index (χ0n) is 21.3. The summed E-state index contributed by atoms with van der Waals surface area (Å²) in [5.74, 6) is -0.351. The molecule has 1 aliphatic heterocycles. The lowest BCUT2D eigenvalue weighted by atomic mass is 10.0. The molecule has 35 heavy (non-hydrogen) atoms. The first-order chi connectivity index (χ1) is 16.4. The molecule has 1 fully saturated rings. The average Bonchev–Trinajstić information content (AvgIpc) is 2.79. The highest BCUT2D eigenvalue weighted by Gasteiger charge is 2.29. The summed E-state index contributed by atoms with van der Waals surface area (Å²) in [7, 11) is 0. The van der Waals surface area contributed by atoms with Crippen LogP contribution in [0.15, 0.2) is 35.3 Å². The number of alkyl carbamates (subject to hydrolysis) is 1. The molecule has 0 aliphatic carbocycles. The van der Waals surface area contributed by atoms with E-state index < -0.39 is 23.8 Å². The number of hydrogen-bond acceptors (Lipinski definition) is 7. The molecule has 1 heterocycles. The topological polar surface area (TPSA) is 124 Å². The summed E-state index contributed by atoms with van der Waals surface area (Å²) in [6.45, 7) is 10.4. The molecular weight excluding hydrogens is 452 g/mol. The number of amides is 3. The van der Waals surface area contributed by atoms with Crippen molar-refractivity contribution in [1.29, 1.82) is 0 Å². The summed E-state index contributed by atoms with van der Waals surface area (Å²) < 4.78 is 10.4. The fourth-order valence-electron chi connectivity index (χ4n) is 3.49. The predicted octanol–water partition coefficient (Wildman–Crippen LogP) is 1.78. The van der Waals surface area contributed by atoms with Gasteiger partial charge in [-0.05, 0) is 17.9 Å². The zero-order valence-corrected chi connectivity index (χ0v) is 21.3. The molecule has 0 saturated carbocycles. The van der Waals surface area contributed by atoms with E-state index in [1.807, 2.05) is 44.2 Å². The average molecular weight is 492 g/mol. The maximum absolute atomic E-state index is 13.1. The Bertz CT molecular complexity index is 880. The lowest BCUT2D eigenvalue weighted by molar-refractivity contribution is -0.261. The number of rotatable bonds is 8. The second kappa shape index (κ2) is 13.0. The number of hydrogen-bond donors (Lipinski definition) is 1. The van der Waals surface area contributed by atoms with Crippen molar-refractivity contribution in [2.75, 3.05) is 32.7 Å². The van der Waals surface area contributed by atoms with E-state index in [0.29, 0.717) is 32.6 Å². The molecule has 0 spiro atoms. The van der Waals surface area contributed by atoms with E-state index in [1.54, 1.807) is 30.6 Å². The van der Waals surface area contributed by atoms with Gasteiger partial charge in [-0.2, -0.15) is 0 Å². The molecule has 10 nitrogen and oxygen atoms in total. The maximum atomic E-state index is 13.1. The molecule has 1 saturated heterocycles. The van der Waals surface area contributed by atoms with Crippen molar-refractivity contribution in [3.63, 3.8) is 0 Å². The van der Waals surface area contributed by atoms with Crippen molar-refractivity contribution >= 4 is 24.0 Å². The third-order valence-corrected chi connectivity index (χ3v) is 5.18. The van der Waals surface area contributed by atoms with Crippen molar-refractivity contribution < 1.29 is 30.4 Å². The van der Waals surface area contributed by atoms with Gasteiger partial charge in [-0.3, -0.25) is 14.6 Å². The molecule has 196 valence electrons. The Balaban J connectivity index is 0.00000648. The minimum Gasteiger partial charge on any atom is -0.595 e. The van der Waals surface area contributed by atoms with Crippen molar-refractivity contribution in [3.8, 4) is 0 Å². The molecule has 0 bridgehead atoms. The van der Waals surface area contributed by atoms with Crippen LogP contribution in [-0.4, -0.2) is 78.2 Å². The van der Waals surface area contributed by atoms with Crippen LogP contribution < -0.4 is 10.4 Å². The van der Waals surface area contributed by atoms with Gasteiger partial charge in [0.05, 0.1) is 0 Å². The third-order valence-electron chi connectivity index (χ3n) is 5.18. The van der Waals surface area contributed by atoms with Crippen LogP contribution in [0.5, 0.6) is 0 Å². The fraction of sp³-hybridized carbons (Fsp3) is 0.600. The first kappa shape index (κ1) is 27.9. The molecule has 0 unspecified atom stereocenters. The number of nitrogens with zero attached hydrogens (tertiary/aromatic N) is 3. The Morgan fingerprint density at radius 1 is 1.09 bits per heavy atom. The number of benzene rings is 1. The number of piperazine rings is 1. The molecule has 10 heteroatoms. The Morgan fingerprint density at radius 3 is 2.26 bits per heavy atom. The Labute approximate surface area is 208 Å². The summed E-state index contributed by atoms with van der Waals surface area (Å²) in [5, 5.41) is 14.6. The van der Waals surface area contributed by atoms with E-state index >= 15 is 0 Å². The van der Waals surface area contributed by atoms with Crippen molar-refractivity contribution in [2.45, 2.75) is 59.3 Å². The highest BCUT2D eigenvalue weighted by Crippen LogP contribution is 2.15. The van der Waals surface area contributed by atoms with Gasteiger partial charge in [0.15, 0.2) is 0 Å². The van der Waals surface area contributed by atoms with Gasteiger partial charge in [0, 0.05) is 33.2 Å². The quantitative estimate of drug-likeness (QED) is 0.437. The van der Waals surface area contributed by atoms with Gasteiger partial charge < -0.3 is 29.7 Å². The lowest BCUT2D eigenvalue weighted by Crippen LogP contribution is -2.54. The summed E-state index contributed by atoms with van der Waals surface area (Å²) in [6.07, 6.45) is -1.00. The predicted molar refractivity (Wildman–Crippen MR) is 131 cm³/mol. The molecule has 1 atom stereocenters. The Morgan fingerprint density at radius 2 is 1.69 bits per heavy atom. The first-order valence-corrected chi connectivity index (χ1v) is 11.9. The van der Waals surface area contributed by atoms with Crippen LogP contribution in [0.25, 0.3) is 0 Å². The SMILES string of the molecule is CC(C)C[C@H](N=C([O-])OC(C)(C)C)C(=O)N1CCN(C(=O)CNC(=O)OCc2ccccc2)CC1.[HH]. The monoisotopic (exact) mass is 491 g/mol. The summed E-state index contributed by atoms with van der Waals surface area (Å²) in [6, 6.07) is 8.42. The molecule has 0 aromatic heterocycles. The molecule has 1 aliphatic rings. The summed E-state index contributed by atoms with van der Waals surface area (Å²) in [4.78, 5) is 44.7. The van der Waals surface area contributed by atoms with E-state index in [2.05, 4.69) is 10.3 Å². The number of carbonyl (C=O) groups excluding carboxylic acids is 3. The van der Waals surface area contributed by atoms with Gasteiger partial charge in [-0.1, -0.05) is 65.0 Å². The van der Waals surface area contributed by atoms with Crippen molar-refractivity contribution in [1.82, 2.24) is 15.1 Å². The second-order valence-electron chi connectivity index (χ2n) is 9.88. The molecule has 1 N–H and O–H groups in total. The maximum Gasteiger partial charge on any atom is 0.407 e. The van der Waals surface area contributed by atoms with E-state index in [1.165, 1.54) is 0 Å².